The molecule has 0 atom stereocenters. The second-order valence-corrected chi connectivity index (χ2v) is 22.1. The van der Waals surface area contributed by atoms with Gasteiger partial charge < -0.3 is 33.8 Å². The van der Waals surface area contributed by atoms with Gasteiger partial charge in [-0.1, -0.05) is 36.1 Å². The van der Waals surface area contributed by atoms with Crippen LogP contribution in [0.5, 0.6) is 11.5 Å². The molecule has 0 saturated carbocycles. The average Bonchev–Trinajstić information content (AvgIpc) is 3.33. The Balaban J connectivity index is 0.00000328. The van der Waals surface area contributed by atoms with Crippen molar-refractivity contribution in [2.45, 2.75) is 24.5 Å². The fourth-order valence-electron chi connectivity index (χ4n) is 7.11. The van der Waals surface area contributed by atoms with Crippen LogP contribution in [0.3, 0.4) is 0 Å². The minimum atomic E-state index is -5.36. The van der Waals surface area contributed by atoms with Crippen molar-refractivity contribution in [2.75, 3.05) is 12.8 Å². The van der Waals surface area contributed by atoms with E-state index in [0.717, 1.165) is 73.8 Å². The van der Waals surface area contributed by atoms with Gasteiger partial charge in [-0.2, -0.15) is 18.6 Å². The zero-order valence-electron chi connectivity index (χ0n) is 41.7. The maximum Gasteiger partial charge on any atom is 1.00 e. The molecule has 0 aliphatic carbocycles. The van der Waals surface area contributed by atoms with Crippen LogP contribution in [0.4, 0.5) is 51.2 Å². The molecule has 0 heterocycles. The Morgan fingerprint density at radius 3 is 1.34 bits per heavy atom. The molecule has 0 bridgehead atoms. The van der Waals surface area contributed by atoms with E-state index in [2.05, 4.69) is 40.9 Å². The van der Waals surface area contributed by atoms with E-state index in [1.54, 1.807) is 0 Å². The van der Waals surface area contributed by atoms with Gasteiger partial charge in [-0.15, -0.1) is 30.7 Å². The Kier molecular flexibility index (Phi) is 24.4. The van der Waals surface area contributed by atoms with Crippen molar-refractivity contribution in [2.24, 2.45) is 40.9 Å². The minimum absolute atomic E-state index is 0. The number of fused-ring (bicyclic) bond motifs is 3. The van der Waals surface area contributed by atoms with Gasteiger partial charge in [0, 0.05) is 33.0 Å². The Morgan fingerprint density at radius 1 is 0.418 bits per heavy atom. The average molecular weight is 1220 g/mol. The Bertz CT molecular complexity index is 4450. The number of ether oxygens (including phenoxy) is 1. The number of methoxy groups -OCH3 is 1. The maximum absolute atomic E-state index is 14.1. The molecule has 8 aromatic carbocycles. The van der Waals surface area contributed by atoms with Crippen molar-refractivity contribution in [3.05, 3.63) is 121 Å². The van der Waals surface area contributed by atoms with Gasteiger partial charge in [0.25, 0.3) is 10.1 Å². The summed E-state index contributed by atoms with van der Waals surface area (Å²) >= 11 is 0. The molecule has 8 aromatic rings. The van der Waals surface area contributed by atoms with Crippen LogP contribution in [-0.2, 0) is 50.6 Å². The number of nitrogen functional groups attached to an aromatic ring is 1. The van der Waals surface area contributed by atoms with Crippen LogP contribution in [0.1, 0.15) is 0 Å². The third-order valence-corrected chi connectivity index (χ3v) is 14.7. The van der Waals surface area contributed by atoms with E-state index >= 15 is 0 Å². The van der Waals surface area contributed by atoms with Gasteiger partial charge in [-0.3, -0.25) is 4.55 Å². The molecule has 0 aliphatic rings. The van der Waals surface area contributed by atoms with Crippen LogP contribution in [0, 0.1) is 0 Å². The molecule has 3 N–H and O–H groups in total. The summed E-state index contributed by atoms with van der Waals surface area (Å²) in [5.74, 6) is -1.42. The number of hydrogen-bond acceptors (Lipinski definition) is 25. The molecule has 0 fully saturated rings. The van der Waals surface area contributed by atoms with Crippen LogP contribution in [0.25, 0.3) is 32.3 Å². The number of nitrogens with two attached hydrogens (primary N) is 1. The van der Waals surface area contributed by atoms with Crippen molar-refractivity contribution in [3.8, 4) is 11.5 Å². The van der Waals surface area contributed by atoms with Crippen molar-refractivity contribution >= 4 is 134 Å². The van der Waals surface area contributed by atoms with Crippen LogP contribution < -0.4 is 163 Å². The predicted octanol–water partition coefficient (Wildman–Crippen LogP) is -6.64. The standard InChI is InChI=1S/C43H31N9O17S5.5Na/c1-69-38-21-37(49-48-36-15-14-35(28-10-8-26(18-31(28)36)72(60,61)62)47-45-22-4-2-6-24(16-22)70(54,55)56)32-19-27(73(63,64)65)9-11-29(32)41(38)51-52-42-39(74(66,67)68)20-33-30(43(42)53)12-13-34(44)40(33)50-46-23-5-3-7-25(17-23)71(57,58)59;;;;;/h2-21,53H,44H2,1H3,(H,54,55,56)(H,57,58,59)(H,60,61,62)(H,63,64,65)(H,66,67,68);;;;;/q;5*+1/p-5. The number of benzene rings is 8. The smallest absolute Gasteiger partial charge is 0.871 e. The van der Waals surface area contributed by atoms with Gasteiger partial charge in [0.15, 0.2) is 0 Å². The van der Waals surface area contributed by atoms with E-state index in [9.17, 15) is 70.0 Å². The number of anilines is 1. The molecule has 0 saturated heterocycles. The van der Waals surface area contributed by atoms with E-state index in [1.165, 1.54) is 54.6 Å². The number of azo groups is 4. The van der Waals surface area contributed by atoms with Crippen LogP contribution in [-0.4, -0.2) is 72.0 Å². The van der Waals surface area contributed by atoms with Gasteiger partial charge in [-0.05, 0) is 90.3 Å². The molecular formula is C43H26N9Na5O17S5. The normalized spacial score (nSPS) is 12.3. The Hall–Kier alpha value is -3.11. The van der Waals surface area contributed by atoms with Crippen molar-refractivity contribution in [3.63, 3.8) is 0 Å². The minimum Gasteiger partial charge on any atom is -0.871 e. The van der Waals surface area contributed by atoms with E-state index in [4.69, 9.17) is 10.5 Å². The van der Waals surface area contributed by atoms with Crippen LogP contribution in [0.2, 0.25) is 0 Å². The summed E-state index contributed by atoms with van der Waals surface area (Å²) in [6, 6.07) is 21.7. The van der Waals surface area contributed by atoms with Crippen LogP contribution in [0.15, 0.2) is 187 Å². The summed E-state index contributed by atoms with van der Waals surface area (Å²) in [5.41, 5.74) is 3.71. The second kappa shape index (κ2) is 27.5. The summed E-state index contributed by atoms with van der Waals surface area (Å²) < 4.78 is 184. The first-order valence-electron chi connectivity index (χ1n) is 20.1. The molecule has 26 nitrogen and oxygen atoms in total. The largest absolute Gasteiger partial charge is 1.00 e. The fourth-order valence-corrected chi connectivity index (χ4v) is 9.77. The monoisotopic (exact) mass is 1210 g/mol. The molecule has 0 aliphatic heterocycles. The quantitative estimate of drug-likeness (QED) is 0.0442. The molecule has 0 amide bonds. The molecular weight excluding hydrogens is 1190 g/mol. The maximum atomic E-state index is 14.1. The molecule has 0 aromatic heterocycles. The van der Waals surface area contributed by atoms with E-state index in [-0.39, 0.29) is 231 Å². The van der Waals surface area contributed by atoms with Gasteiger partial charge in [0.1, 0.15) is 62.5 Å². The van der Waals surface area contributed by atoms with Gasteiger partial charge in [-0.25, -0.2) is 33.7 Å². The summed E-state index contributed by atoms with van der Waals surface area (Å²) in [6.45, 7) is 0. The summed E-state index contributed by atoms with van der Waals surface area (Å²) in [4.78, 5) is -3.87. The van der Waals surface area contributed by atoms with Crippen molar-refractivity contribution in [1.82, 2.24) is 0 Å². The summed E-state index contributed by atoms with van der Waals surface area (Å²) in [5, 5.41) is 45.6. The number of rotatable bonds is 14. The first-order valence-corrected chi connectivity index (χ1v) is 27.1. The van der Waals surface area contributed by atoms with Crippen molar-refractivity contribution in [1.29, 1.82) is 0 Å². The molecule has 79 heavy (non-hydrogen) atoms. The van der Waals surface area contributed by atoms with E-state index in [1.807, 2.05) is 0 Å². The zero-order valence-corrected chi connectivity index (χ0v) is 55.8. The topological polar surface area (TPSA) is 440 Å². The molecule has 36 heteroatoms. The molecule has 8 rings (SSSR count). The zero-order chi connectivity index (χ0) is 53.7. The van der Waals surface area contributed by atoms with E-state index in [0.29, 0.717) is 0 Å². The third-order valence-electron chi connectivity index (χ3n) is 10.5. The van der Waals surface area contributed by atoms with Gasteiger partial charge in [0.2, 0.25) is 0 Å². The van der Waals surface area contributed by atoms with Gasteiger partial charge >= 0.3 is 148 Å². The second-order valence-electron chi connectivity index (χ2n) is 15.2. The van der Waals surface area contributed by atoms with E-state index < -0.39 is 86.5 Å². The van der Waals surface area contributed by atoms with Crippen molar-refractivity contribution < 1.29 is 222 Å². The first-order chi connectivity index (χ1) is 34.6. The Morgan fingerprint density at radius 2 is 0.835 bits per heavy atom. The molecule has 0 unspecified atom stereocenters. The summed E-state index contributed by atoms with van der Waals surface area (Å²) in [7, 11) is -24.3. The molecule has 0 spiro atoms. The van der Waals surface area contributed by atoms with Crippen LogP contribution >= 0.6 is 0 Å². The molecule has 0 radical (unpaired) electrons. The number of nitrogens with zero attached hydrogens (tertiary/aromatic N) is 8. The molecule has 380 valence electrons. The third kappa shape index (κ3) is 16.2. The first kappa shape index (κ1) is 70.2. The van der Waals surface area contributed by atoms with Gasteiger partial charge in [0.05, 0.1) is 66.5 Å². The SMILES string of the molecule is COc1cc(N=Nc2ccc(N=Nc3cccc(S(=O)(=O)[O-])c3)c3ccc(S(=O)(=O)[O-])cc23)c2cc(S(=O)(=O)[O-])ccc2c1N=Nc1c(S(=O)(=O)O)cc2c(N=Nc3cccc(S(=O)(=O)[O-])c3)c(N)ccc2c1[O-].[Na+].[Na+].[Na+].[Na+].[Na+]. The Labute approximate surface area is 559 Å². The number of hydrogen-bond donors (Lipinski definition) is 2. The predicted molar refractivity (Wildman–Crippen MR) is 254 cm³/mol. The fraction of sp³-hybridized carbons (Fsp3) is 0.0233. The summed E-state index contributed by atoms with van der Waals surface area (Å²) in [6.07, 6.45) is 0.